The highest BCUT2D eigenvalue weighted by molar-refractivity contribution is 5.92. The van der Waals surface area contributed by atoms with E-state index >= 15 is 0 Å². The van der Waals surface area contributed by atoms with E-state index in [2.05, 4.69) is 27.4 Å². The zero-order valence-electron chi connectivity index (χ0n) is 15.4. The van der Waals surface area contributed by atoms with Gasteiger partial charge >= 0.3 is 0 Å². The van der Waals surface area contributed by atoms with Crippen molar-refractivity contribution in [2.45, 2.75) is 32.7 Å². The lowest BCUT2D eigenvalue weighted by Gasteiger charge is -2.30. The van der Waals surface area contributed by atoms with E-state index in [1.54, 1.807) is 19.2 Å². The molecule has 0 bridgehead atoms. The highest BCUT2D eigenvalue weighted by atomic mass is 16.1. The number of guanidine groups is 1. The number of carbonyl (C=O) groups is 1. The lowest BCUT2D eigenvalue weighted by molar-refractivity contribution is 0.100. The highest BCUT2D eigenvalue weighted by Crippen LogP contribution is 2.15. The first kappa shape index (κ1) is 19.2. The Morgan fingerprint density at radius 2 is 1.92 bits per heavy atom. The number of likely N-dealkylation sites (tertiary alicyclic amines) is 1. The predicted octanol–water partition coefficient (Wildman–Crippen LogP) is 1.57. The Balaban J connectivity index is 1.64. The minimum Gasteiger partial charge on any atom is -0.366 e. The Labute approximate surface area is 150 Å². The molecule has 1 saturated heterocycles. The number of benzene rings is 1. The van der Waals surface area contributed by atoms with E-state index in [4.69, 9.17) is 5.73 Å². The van der Waals surface area contributed by atoms with Crippen LogP contribution in [0.3, 0.4) is 0 Å². The lowest BCUT2D eigenvalue weighted by Crippen LogP contribution is -2.39. The van der Waals surface area contributed by atoms with Crippen LogP contribution in [0, 0.1) is 5.92 Å². The van der Waals surface area contributed by atoms with Gasteiger partial charge in [-0.2, -0.15) is 0 Å². The number of nitrogens with two attached hydrogens (primary N) is 1. The van der Waals surface area contributed by atoms with Gasteiger partial charge in [-0.15, -0.1) is 0 Å². The summed E-state index contributed by atoms with van der Waals surface area (Å²) in [5, 5.41) is 6.64. The molecule has 2 rings (SSSR count). The van der Waals surface area contributed by atoms with E-state index in [0.29, 0.717) is 12.1 Å². The molecule has 0 aromatic heterocycles. The van der Waals surface area contributed by atoms with Crippen LogP contribution in [0.25, 0.3) is 0 Å². The van der Waals surface area contributed by atoms with Gasteiger partial charge < -0.3 is 21.3 Å². The van der Waals surface area contributed by atoms with Gasteiger partial charge in [0.25, 0.3) is 0 Å². The van der Waals surface area contributed by atoms with Crippen LogP contribution in [0.5, 0.6) is 0 Å². The van der Waals surface area contributed by atoms with Crippen LogP contribution >= 0.6 is 0 Å². The monoisotopic (exact) mass is 345 g/mol. The number of primary amides is 1. The summed E-state index contributed by atoms with van der Waals surface area (Å²) in [7, 11) is 1.78. The molecular formula is C19H31N5O. The number of amides is 1. The summed E-state index contributed by atoms with van der Waals surface area (Å²) >= 11 is 0. The van der Waals surface area contributed by atoms with E-state index in [-0.39, 0.29) is 0 Å². The van der Waals surface area contributed by atoms with Gasteiger partial charge in [-0.1, -0.05) is 19.1 Å². The normalized spacial score (nSPS) is 16.6. The molecule has 0 aliphatic carbocycles. The Morgan fingerprint density at radius 3 is 2.52 bits per heavy atom. The third-order valence-electron chi connectivity index (χ3n) is 4.74. The molecule has 1 aliphatic rings. The van der Waals surface area contributed by atoms with Gasteiger partial charge in [0.2, 0.25) is 5.91 Å². The molecule has 0 atom stereocenters. The average Bonchev–Trinajstić information content (AvgIpc) is 2.63. The number of hydrogen-bond acceptors (Lipinski definition) is 3. The molecule has 1 fully saturated rings. The SMILES string of the molecule is CN=C(NCCCN1CCC(C)CC1)NCc1ccc(C(N)=O)cc1. The Hall–Kier alpha value is -2.08. The fraction of sp³-hybridized carbons (Fsp3) is 0.579. The van der Waals surface area contributed by atoms with Gasteiger partial charge in [0.05, 0.1) is 0 Å². The molecule has 4 N–H and O–H groups in total. The molecule has 138 valence electrons. The summed E-state index contributed by atoms with van der Waals surface area (Å²) in [6, 6.07) is 7.29. The molecule has 25 heavy (non-hydrogen) atoms. The van der Waals surface area contributed by atoms with Crippen LogP contribution in [-0.4, -0.2) is 50.0 Å². The largest absolute Gasteiger partial charge is 0.366 e. The second-order valence-electron chi connectivity index (χ2n) is 6.79. The van der Waals surface area contributed by atoms with Crippen molar-refractivity contribution < 1.29 is 4.79 Å². The van der Waals surface area contributed by atoms with Crippen molar-refractivity contribution in [2.75, 3.05) is 33.2 Å². The van der Waals surface area contributed by atoms with Crippen LogP contribution in [0.15, 0.2) is 29.3 Å². The maximum absolute atomic E-state index is 11.1. The first-order valence-corrected chi connectivity index (χ1v) is 9.14. The smallest absolute Gasteiger partial charge is 0.248 e. The van der Waals surface area contributed by atoms with Crippen LogP contribution in [0.4, 0.5) is 0 Å². The Bertz CT molecular complexity index is 562. The molecule has 1 aromatic rings. The number of rotatable bonds is 7. The van der Waals surface area contributed by atoms with Crippen molar-refractivity contribution in [1.29, 1.82) is 0 Å². The summed E-state index contributed by atoms with van der Waals surface area (Å²) in [6.07, 6.45) is 3.76. The summed E-state index contributed by atoms with van der Waals surface area (Å²) in [5.74, 6) is 1.28. The van der Waals surface area contributed by atoms with Gasteiger partial charge in [-0.05, 0) is 62.5 Å². The van der Waals surface area contributed by atoms with Gasteiger partial charge in [0, 0.05) is 25.7 Å². The molecule has 1 heterocycles. The van der Waals surface area contributed by atoms with Crippen molar-refractivity contribution in [2.24, 2.45) is 16.6 Å². The zero-order valence-corrected chi connectivity index (χ0v) is 15.4. The average molecular weight is 345 g/mol. The third-order valence-corrected chi connectivity index (χ3v) is 4.74. The maximum Gasteiger partial charge on any atom is 0.248 e. The quantitative estimate of drug-likeness (QED) is 0.398. The molecule has 0 radical (unpaired) electrons. The lowest BCUT2D eigenvalue weighted by atomic mass is 9.99. The van der Waals surface area contributed by atoms with Gasteiger partial charge in [-0.3, -0.25) is 9.79 Å². The molecule has 1 aromatic carbocycles. The maximum atomic E-state index is 11.1. The highest BCUT2D eigenvalue weighted by Gasteiger charge is 2.14. The summed E-state index contributed by atoms with van der Waals surface area (Å²) in [6.45, 7) is 7.52. The molecule has 6 heteroatoms. The topological polar surface area (TPSA) is 82.8 Å². The molecule has 6 nitrogen and oxygen atoms in total. The fourth-order valence-electron chi connectivity index (χ4n) is 2.99. The van der Waals surface area contributed by atoms with E-state index < -0.39 is 5.91 Å². The number of hydrogen-bond donors (Lipinski definition) is 3. The van der Waals surface area contributed by atoms with Crippen molar-refractivity contribution in [3.8, 4) is 0 Å². The first-order valence-electron chi connectivity index (χ1n) is 9.14. The minimum absolute atomic E-state index is 0.403. The van der Waals surface area contributed by atoms with E-state index in [1.807, 2.05) is 12.1 Å². The molecule has 0 saturated carbocycles. The van der Waals surface area contributed by atoms with Crippen LogP contribution in [0.2, 0.25) is 0 Å². The van der Waals surface area contributed by atoms with Crippen molar-refractivity contribution in [3.63, 3.8) is 0 Å². The zero-order chi connectivity index (χ0) is 18.1. The second kappa shape index (κ2) is 10.0. The molecule has 1 amide bonds. The Morgan fingerprint density at radius 1 is 1.24 bits per heavy atom. The number of nitrogens with one attached hydrogen (secondary N) is 2. The van der Waals surface area contributed by atoms with Gasteiger partial charge in [-0.25, -0.2) is 0 Å². The van der Waals surface area contributed by atoms with Crippen LogP contribution in [-0.2, 0) is 6.54 Å². The van der Waals surface area contributed by atoms with E-state index in [9.17, 15) is 4.79 Å². The fourth-order valence-corrected chi connectivity index (χ4v) is 2.99. The second-order valence-corrected chi connectivity index (χ2v) is 6.79. The van der Waals surface area contributed by atoms with E-state index in [1.165, 1.54) is 25.9 Å². The molecule has 0 unspecified atom stereocenters. The molecule has 1 aliphatic heterocycles. The first-order chi connectivity index (χ1) is 12.1. The van der Waals surface area contributed by atoms with Crippen molar-refractivity contribution in [3.05, 3.63) is 35.4 Å². The summed E-state index contributed by atoms with van der Waals surface area (Å²) < 4.78 is 0. The van der Waals surface area contributed by atoms with Gasteiger partial charge in [0.15, 0.2) is 5.96 Å². The number of nitrogens with zero attached hydrogens (tertiary/aromatic N) is 2. The third kappa shape index (κ3) is 6.74. The van der Waals surface area contributed by atoms with Crippen LogP contribution in [0.1, 0.15) is 42.1 Å². The predicted molar refractivity (Wildman–Crippen MR) is 103 cm³/mol. The molecular weight excluding hydrogens is 314 g/mol. The molecule has 0 spiro atoms. The summed E-state index contributed by atoms with van der Waals surface area (Å²) in [5.41, 5.74) is 6.85. The Kier molecular flexibility index (Phi) is 7.73. The van der Waals surface area contributed by atoms with Crippen molar-refractivity contribution >= 4 is 11.9 Å². The number of aliphatic imine (C=N–C) groups is 1. The van der Waals surface area contributed by atoms with Crippen molar-refractivity contribution in [1.82, 2.24) is 15.5 Å². The minimum atomic E-state index is -0.403. The number of carbonyl (C=O) groups excluding carboxylic acids is 1. The summed E-state index contributed by atoms with van der Waals surface area (Å²) in [4.78, 5) is 17.9. The standard InChI is InChI=1S/C19H31N5O/c1-15-8-12-24(13-9-15)11-3-10-22-19(21-2)23-14-16-4-6-17(7-5-16)18(20)25/h4-7,15H,3,8-14H2,1-2H3,(H2,20,25)(H2,21,22,23). The van der Waals surface area contributed by atoms with E-state index in [0.717, 1.165) is 37.0 Å². The van der Waals surface area contributed by atoms with Crippen LogP contribution < -0.4 is 16.4 Å². The number of piperidine rings is 1. The van der Waals surface area contributed by atoms with Gasteiger partial charge in [0.1, 0.15) is 0 Å².